The molecule has 0 aliphatic heterocycles. The van der Waals surface area contributed by atoms with Gasteiger partial charge in [0.15, 0.2) is 0 Å². The Kier molecular flexibility index (Phi) is 6.79. The van der Waals surface area contributed by atoms with Gasteiger partial charge in [-0.25, -0.2) is 4.79 Å². The van der Waals surface area contributed by atoms with Crippen LogP contribution < -0.4 is 14.8 Å². The molecule has 2 aromatic carbocycles. The zero-order chi connectivity index (χ0) is 18.9. The molecular weight excluding hydrogens is 334 g/mol. The number of amides is 1. The van der Waals surface area contributed by atoms with Crippen LogP contribution in [0.5, 0.6) is 11.5 Å². The van der Waals surface area contributed by atoms with E-state index in [1.165, 1.54) is 18.2 Å². The first-order valence-electron chi connectivity index (χ1n) is 8.26. The summed E-state index contributed by atoms with van der Waals surface area (Å²) in [6, 6.07) is 11.6. The van der Waals surface area contributed by atoms with Gasteiger partial charge in [-0.15, -0.1) is 0 Å². The second-order valence-corrected chi connectivity index (χ2v) is 5.24. The zero-order valence-corrected chi connectivity index (χ0v) is 14.7. The molecule has 0 aliphatic rings. The molecule has 6 heteroatoms. The van der Waals surface area contributed by atoms with Crippen LogP contribution >= 0.6 is 0 Å². The summed E-state index contributed by atoms with van der Waals surface area (Å²) in [4.78, 5) is 23.3. The van der Waals surface area contributed by atoms with E-state index in [0.29, 0.717) is 24.7 Å². The third kappa shape index (κ3) is 5.11. The number of carbonyl (C=O) groups excluding carboxylic acids is 1. The molecule has 0 unspecified atom stereocenters. The van der Waals surface area contributed by atoms with Gasteiger partial charge in [0, 0.05) is 17.7 Å². The number of anilines is 1. The van der Waals surface area contributed by atoms with Crippen LogP contribution in [0.1, 0.15) is 29.8 Å². The molecule has 1 amide bonds. The number of hydrogen-bond acceptors (Lipinski definition) is 4. The normalized spacial score (nSPS) is 10.5. The van der Waals surface area contributed by atoms with Gasteiger partial charge in [-0.05, 0) is 44.2 Å². The summed E-state index contributed by atoms with van der Waals surface area (Å²) in [5.41, 5.74) is 0.994. The van der Waals surface area contributed by atoms with E-state index in [1.807, 2.05) is 13.8 Å². The molecule has 2 rings (SSSR count). The summed E-state index contributed by atoms with van der Waals surface area (Å²) in [6.45, 7) is 4.80. The average Bonchev–Trinajstić information content (AvgIpc) is 2.62. The van der Waals surface area contributed by atoms with E-state index in [-0.39, 0.29) is 11.3 Å². The highest BCUT2D eigenvalue weighted by Gasteiger charge is 2.10. The first-order valence-corrected chi connectivity index (χ1v) is 8.26. The van der Waals surface area contributed by atoms with Gasteiger partial charge in [0.2, 0.25) is 5.91 Å². The maximum Gasteiger partial charge on any atom is 0.337 e. The van der Waals surface area contributed by atoms with Gasteiger partial charge in [0.25, 0.3) is 0 Å². The van der Waals surface area contributed by atoms with E-state index in [0.717, 1.165) is 5.56 Å². The summed E-state index contributed by atoms with van der Waals surface area (Å²) < 4.78 is 11.0. The van der Waals surface area contributed by atoms with E-state index in [4.69, 9.17) is 14.6 Å². The molecule has 0 saturated carbocycles. The number of rotatable bonds is 8. The van der Waals surface area contributed by atoms with Crippen LogP contribution in [-0.2, 0) is 4.79 Å². The lowest BCUT2D eigenvalue weighted by Crippen LogP contribution is -2.11. The van der Waals surface area contributed by atoms with Crippen molar-refractivity contribution in [1.82, 2.24) is 0 Å². The maximum atomic E-state index is 12.1. The van der Waals surface area contributed by atoms with E-state index in [1.54, 1.807) is 36.4 Å². The van der Waals surface area contributed by atoms with Crippen molar-refractivity contribution in [2.24, 2.45) is 0 Å². The monoisotopic (exact) mass is 355 g/mol. The van der Waals surface area contributed by atoms with Crippen LogP contribution in [0, 0.1) is 0 Å². The second-order valence-electron chi connectivity index (χ2n) is 5.24. The lowest BCUT2D eigenvalue weighted by molar-refractivity contribution is -0.111. The Morgan fingerprint density at radius 2 is 1.81 bits per heavy atom. The molecule has 0 saturated heterocycles. The molecule has 0 spiro atoms. The van der Waals surface area contributed by atoms with Crippen LogP contribution in [-0.4, -0.2) is 30.2 Å². The summed E-state index contributed by atoms with van der Waals surface area (Å²) in [5, 5.41) is 11.7. The van der Waals surface area contributed by atoms with Crippen LogP contribution in [0.25, 0.3) is 6.08 Å². The Hall–Kier alpha value is -3.28. The number of carboxylic acid groups (broad SMARTS) is 1. The van der Waals surface area contributed by atoms with Crippen molar-refractivity contribution in [2.75, 3.05) is 18.5 Å². The fourth-order valence-corrected chi connectivity index (χ4v) is 2.31. The predicted molar refractivity (Wildman–Crippen MR) is 99.8 cm³/mol. The highest BCUT2D eigenvalue weighted by molar-refractivity contribution is 6.06. The van der Waals surface area contributed by atoms with E-state index < -0.39 is 11.9 Å². The Morgan fingerprint density at radius 3 is 2.50 bits per heavy atom. The van der Waals surface area contributed by atoms with Crippen molar-refractivity contribution in [3.63, 3.8) is 0 Å². The summed E-state index contributed by atoms with van der Waals surface area (Å²) in [5.74, 6) is -0.244. The molecule has 2 aromatic rings. The summed E-state index contributed by atoms with van der Waals surface area (Å²) in [7, 11) is 0. The van der Waals surface area contributed by atoms with Gasteiger partial charge < -0.3 is 19.9 Å². The highest BCUT2D eigenvalue weighted by atomic mass is 16.5. The van der Waals surface area contributed by atoms with Gasteiger partial charge in [-0.1, -0.05) is 12.1 Å². The van der Waals surface area contributed by atoms with E-state index in [2.05, 4.69) is 5.32 Å². The SMILES string of the molecule is CCOc1ccc(C=CC(=O)Nc2ccccc2C(=O)O)c(OCC)c1. The van der Waals surface area contributed by atoms with Gasteiger partial charge in [0.1, 0.15) is 11.5 Å². The first kappa shape index (κ1) is 19.1. The molecule has 0 heterocycles. The van der Waals surface area contributed by atoms with Crippen molar-refractivity contribution in [3.8, 4) is 11.5 Å². The molecule has 0 radical (unpaired) electrons. The third-order valence-electron chi connectivity index (χ3n) is 3.43. The predicted octanol–water partition coefficient (Wildman–Crippen LogP) is 3.83. The van der Waals surface area contributed by atoms with Crippen molar-refractivity contribution >= 4 is 23.6 Å². The van der Waals surface area contributed by atoms with E-state index >= 15 is 0 Å². The summed E-state index contributed by atoms with van der Waals surface area (Å²) >= 11 is 0. The number of hydrogen-bond donors (Lipinski definition) is 2. The standard InChI is InChI=1S/C20H21NO5/c1-3-25-15-11-9-14(18(13-15)26-4-2)10-12-19(22)21-17-8-6-5-7-16(17)20(23)24/h5-13H,3-4H2,1-2H3,(H,21,22)(H,23,24). The van der Waals surface area contributed by atoms with Gasteiger partial charge in [0.05, 0.1) is 24.5 Å². The first-order chi connectivity index (χ1) is 12.5. The minimum Gasteiger partial charge on any atom is -0.494 e. The number of nitrogens with one attached hydrogen (secondary N) is 1. The van der Waals surface area contributed by atoms with Crippen LogP contribution in [0.3, 0.4) is 0 Å². The number of carboxylic acids is 1. The Balaban J connectivity index is 2.16. The number of benzene rings is 2. The Morgan fingerprint density at radius 1 is 1.08 bits per heavy atom. The molecule has 6 nitrogen and oxygen atoms in total. The number of aromatic carboxylic acids is 1. The molecule has 0 atom stereocenters. The van der Waals surface area contributed by atoms with Crippen molar-refractivity contribution in [1.29, 1.82) is 0 Å². The van der Waals surface area contributed by atoms with Gasteiger partial charge in [-0.3, -0.25) is 4.79 Å². The topological polar surface area (TPSA) is 84.9 Å². The average molecular weight is 355 g/mol. The smallest absolute Gasteiger partial charge is 0.337 e. The van der Waals surface area contributed by atoms with Gasteiger partial charge in [-0.2, -0.15) is 0 Å². The fraction of sp³-hybridized carbons (Fsp3) is 0.200. The largest absolute Gasteiger partial charge is 0.494 e. The van der Waals surface area contributed by atoms with Crippen LogP contribution in [0.15, 0.2) is 48.5 Å². The number of para-hydroxylation sites is 1. The van der Waals surface area contributed by atoms with Crippen molar-refractivity contribution in [2.45, 2.75) is 13.8 Å². The molecule has 0 fully saturated rings. The number of ether oxygens (including phenoxy) is 2. The molecule has 0 aromatic heterocycles. The zero-order valence-electron chi connectivity index (χ0n) is 14.7. The lowest BCUT2D eigenvalue weighted by Gasteiger charge is -2.10. The quantitative estimate of drug-likeness (QED) is 0.703. The Labute approximate surface area is 152 Å². The highest BCUT2D eigenvalue weighted by Crippen LogP contribution is 2.26. The second kappa shape index (κ2) is 9.27. The van der Waals surface area contributed by atoms with Crippen LogP contribution in [0.4, 0.5) is 5.69 Å². The molecule has 2 N–H and O–H groups in total. The Bertz CT molecular complexity index is 814. The molecule has 0 aliphatic carbocycles. The van der Waals surface area contributed by atoms with Crippen LogP contribution in [0.2, 0.25) is 0 Å². The van der Waals surface area contributed by atoms with Crippen molar-refractivity contribution < 1.29 is 24.2 Å². The molecule has 0 bridgehead atoms. The minimum atomic E-state index is -1.10. The number of carbonyl (C=O) groups is 2. The van der Waals surface area contributed by atoms with Crippen molar-refractivity contribution in [3.05, 3.63) is 59.7 Å². The summed E-state index contributed by atoms with van der Waals surface area (Å²) in [6.07, 6.45) is 2.94. The third-order valence-corrected chi connectivity index (χ3v) is 3.43. The lowest BCUT2D eigenvalue weighted by atomic mass is 10.1. The van der Waals surface area contributed by atoms with E-state index in [9.17, 15) is 9.59 Å². The molecular formula is C20H21NO5. The van der Waals surface area contributed by atoms with Gasteiger partial charge >= 0.3 is 5.97 Å². The molecule has 136 valence electrons. The fourth-order valence-electron chi connectivity index (χ4n) is 2.31. The maximum absolute atomic E-state index is 12.1. The molecule has 26 heavy (non-hydrogen) atoms. The minimum absolute atomic E-state index is 0.0327.